The fraction of sp³-hybridized carbons (Fsp3) is 0.0800. The van der Waals surface area contributed by atoms with Crippen LogP contribution in [0.15, 0.2) is 86.7 Å². The number of rotatable bonds is 6. The van der Waals surface area contributed by atoms with E-state index in [0.717, 1.165) is 4.47 Å². The number of ether oxygens (including phenoxy) is 1. The summed E-state index contributed by atoms with van der Waals surface area (Å²) in [6.07, 6.45) is 3.66. The Kier molecular flexibility index (Phi) is 5.65. The number of fused-ring (bicyclic) bond motifs is 2. The van der Waals surface area contributed by atoms with E-state index < -0.39 is 16.3 Å². The highest BCUT2D eigenvalue weighted by molar-refractivity contribution is 9.10. The fourth-order valence-electron chi connectivity index (χ4n) is 3.99. The second-order valence-corrected chi connectivity index (χ2v) is 8.68. The zero-order valence-electron chi connectivity index (χ0n) is 18.3. The lowest BCUT2D eigenvalue weighted by Gasteiger charge is -2.06. The standard InChI is InChI=1S/C25H17BrN3O6/c1-34-22-4-2-3-16-11-19(25(31)35-24(16)22)21(30)14-28-20(13-27-12-17(26)7-10-23(27)28)15-5-8-18(9-6-15)29(32)33/h2-13H,14H2,1H3/q+1. The molecule has 5 aromatic rings. The van der Waals surface area contributed by atoms with Gasteiger partial charge in [-0.2, -0.15) is 0 Å². The van der Waals surface area contributed by atoms with Crippen LogP contribution in [0.5, 0.6) is 5.75 Å². The number of pyridine rings is 1. The number of carbonyl (C=O) groups is 1. The quantitative estimate of drug-likeness (QED) is 0.104. The molecule has 35 heavy (non-hydrogen) atoms. The van der Waals surface area contributed by atoms with Crippen LogP contribution in [-0.2, 0) is 6.54 Å². The number of nitro benzene ring substituents is 1. The number of nitro groups is 1. The van der Waals surface area contributed by atoms with Crippen LogP contribution in [-0.4, -0.2) is 22.4 Å². The molecule has 0 aliphatic carbocycles. The van der Waals surface area contributed by atoms with E-state index in [1.807, 2.05) is 28.9 Å². The van der Waals surface area contributed by atoms with E-state index in [0.29, 0.717) is 28.0 Å². The van der Waals surface area contributed by atoms with E-state index in [9.17, 15) is 19.7 Å². The summed E-state index contributed by atoms with van der Waals surface area (Å²) in [5.41, 5.74) is 1.43. The summed E-state index contributed by atoms with van der Waals surface area (Å²) >= 11 is 3.44. The molecule has 0 saturated heterocycles. The van der Waals surface area contributed by atoms with Crippen molar-refractivity contribution in [3.63, 3.8) is 0 Å². The molecule has 3 aromatic heterocycles. The van der Waals surface area contributed by atoms with Crippen LogP contribution in [0, 0.1) is 10.1 Å². The van der Waals surface area contributed by atoms with Gasteiger partial charge in [-0.25, -0.2) is 13.8 Å². The van der Waals surface area contributed by atoms with Gasteiger partial charge in [-0.1, -0.05) is 12.1 Å². The van der Waals surface area contributed by atoms with Gasteiger partial charge in [-0.05, 0) is 46.3 Å². The molecular formula is C25H17BrN3O6+. The van der Waals surface area contributed by atoms with E-state index in [4.69, 9.17) is 9.15 Å². The van der Waals surface area contributed by atoms with Crippen molar-refractivity contribution in [3.8, 4) is 17.0 Å². The van der Waals surface area contributed by atoms with Crippen molar-refractivity contribution in [3.05, 3.63) is 104 Å². The topological polar surface area (TPSA) is 109 Å². The minimum Gasteiger partial charge on any atom is -0.493 e. The summed E-state index contributed by atoms with van der Waals surface area (Å²) in [5.74, 6) is -0.0370. The van der Waals surface area contributed by atoms with Gasteiger partial charge in [0.2, 0.25) is 5.78 Å². The lowest BCUT2D eigenvalue weighted by atomic mass is 10.1. The second kappa shape index (κ2) is 8.80. The van der Waals surface area contributed by atoms with Crippen LogP contribution in [0.1, 0.15) is 10.4 Å². The van der Waals surface area contributed by atoms with Crippen molar-refractivity contribution >= 4 is 44.0 Å². The Morgan fingerprint density at radius 1 is 1.14 bits per heavy atom. The van der Waals surface area contributed by atoms with E-state index in [-0.39, 0.29) is 23.4 Å². The molecule has 174 valence electrons. The Morgan fingerprint density at radius 2 is 1.91 bits per heavy atom. The number of hydrogen-bond acceptors (Lipinski definition) is 6. The van der Waals surface area contributed by atoms with Crippen LogP contribution < -0.4 is 14.8 Å². The van der Waals surface area contributed by atoms with E-state index >= 15 is 0 Å². The van der Waals surface area contributed by atoms with Crippen LogP contribution in [0.25, 0.3) is 27.9 Å². The summed E-state index contributed by atoms with van der Waals surface area (Å²) in [7, 11) is 1.47. The minimum atomic E-state index is -0.754. The Hall–Kier alpha value is -4.31. The monoisotopic (exact) mass is 534 g/mol. The molecule has 0 bridgehead atoms. The summed E-state index contributed by atoms with van der Waals surface area (Å²) in [4.78, 5) is 36.6. The molecule has 0 aliphatic heterocycles. The zero-order chi connectivity index (χ0) is 24.7. The molecule has 0 saturated carbocycles. The van der Waals surface area contributed by atoms with E-state index in [1.165, 1.54) is 25.3 Å². The van der Waals surface area contributed by atoms with Crippen molar-refractivity contribution in [2.24, 2.45) is 0 Å². The number of ketones is 1. The number of non-ortho nitro benzene ring substituents is 1. The number of benzene rings is 2. The van der Waals surface area contributed by atoms with E-state index in [2.05, 4.69) is 15.9 Å². The summed E-state index contributed by atoms with van der Waals surface area (Å²) < 4.78 is 15.1. The Morgan fingerprint density at radius 3 is 2.63 bits per heavy atom. The first-order valence-corrected chi connectivity index (χ1v) is 11.2. The molecule has 0 radical (unpaired) electrons. The second-order valence-electron chi connectivity index (χ2n) is 7.77. The molecule has 0 fully saturated rings. The van der Waals surface area contributed by atoms with Crippen LogP contribution in [0.3, 0.4) is 0 Å². The predicted molar refractivity (Wildman–Crippen MR) is 131 cm³/mol. The molecule has 0 N–H and O–H groups in total. The van der Waals surface area contributed by atoms with Crippen molar-refractivity contribution in [2.75, 3.05) is 7.11 Å². The van der Waals surface area contributed by atoms with Crippen molar-refractivity contribution in [2.45, 2.75) is 6.54 Å². The van der Waals surface area contributed by atoms with Crippen molar-refractivity contribution < 1.29 is 23.3 Å². The molecular weight excluding hydrogens is 518 g/mol. The molecule has 0 amide bonds. The number of nitrogens with zero attached hydrogens (tertiary/aromatic N) is 3. The third-order valence-electron chi connectivity index (χ3n) is 5.67. The van der Waals surface area contributed by atoms with Crippen molar-refractivity contribution in [1.82, 2.24) is 4.57 Å². The van der Waals surface area contributed by atoms with Gasteiger partial charge in [0.1, 0.15) is 18.0 Å². The van der Waals surface area contributed by atoms with Crippen LogP contribution in [0.4, 0.5) is 5.69 Å². The van der Waals surface area contributed by atoms with Gasteiger partial charge >= 0.3 is 5.63 Å². The molecule has 0 unspecified atom stereocenters. The summed E-state index contributed by atoms with van der Waals surface area (Å²) in [6, 6.07) is 16.4. The molecule has 0 atom stereocenters. The van der Waals surface area contributed by atoms with Gasteiger partial charge in [0.05, 0.1) is 16.5 Å². The summed E-state index contributed by atoms with van der Waals surface area (Å²) in [6.45, 7) is -0.148. The van der Waals surface area contributed by atoms with Crippen molar-refractivity contribution in [1.29, 1.82) is 0 Å². The predicted octanol–water partition coefficient (Wildman–Crippen LogP) is 4.56. The Labute approximate surface area is 206 Å². The molecule has 5 rings (SSSR count). The van der Waals surface area contributed by atoms with Gasteiger partial charge in [-0.3, -0.25) is 14.9 Å². The van der Waals surface area contributed by atoms with Gasteiger partial charge in [0.15, 0.2) is 23.6 Å². The van der Waals surface area contributed by atoms with Gasteiger partial charge in [-0.15, -0.1) is 0 Å². The van der Waals surface area contributed by atoms with Crippen LogP contribution in [0.2, 0.25) is 0 Å². The Bertz CT molecular complexity index is 1690. The highest BCUT2D eigenvalue weighted by Crippen LogP contribution is 2.26. The maximum absolute atomic E-state index is 13.3. The number of para-hydroxylation sites is 1. The summed E-state index contributed by atoms with van der Waals surface area (Å²) in [5, 5.41) is 11.6. The number of Topliss-reactive ketones (excluding diaryl/α,β-unsaturated/α-hetero) is 1. The highest BCUT2D eigenvalue weighted by Gasteiger charge is 2.25. The minimum absolute atomic E-state index is 0.0351. The molecule has 2 aromatic carbocycles. The maximum atomic E-state index is 13.3. The highest BCUT2D eigenvalue weighted by atomic mass is 79.9. The average Bonchev–Trinajstić information content (AvgIpc) is 3.20. The third-order valence-corrected chi connectivity index (χ3v) is 6.14. The lowest BCUT2D eigenvalue weighted by molar-refractivity contribution is -0.511. The van der Waals surface area contributed by atoms with Gasteiger partial charge in [0.25, 0.3) is 11.3 Å². The lowest BCUT2D eigenvalue weighted by Crippen LogP contribution is -2.22. The number of carbonyl (C=O) groups excluding carboxylic acids is 1. The molecule has 0 spiro atoms. The zero-order valence-corrected chi connectivity index (χ0v) is 19.9. The first kappa shape index (κ1) is 22.5. The molecule has 9 nitrogen and oxygen atoms in total. The maximum Gasteiger partial charge on any atom is 0.347 e. The average molecular weight is 535 g/mol. The molecule has 3 heterocycles. The fourth-order valence-corrected chi connectivity index (χ4v) is 4.34. The first-order chi connectivity index (χ1) is 16.9. The normalized spacial score (nSPS) is 11.1. The number of methoxy groups -OCH3 is 1. The number of imidazole rings is 1. The third kappa shape index (κ3) is 4.08. The first-order valence-electron chi connectivity index (χ1n) is 10.4. The van der Waals surface area contributed by atoms with Crippen LogP contribution >= 0.6 is 15.9 Å². The smallest absolute Gasteiger partial charge is 0.347 e. The van der Waals surface area contributed by atoms with Gasteiger partial charge < -0.3 is 9.15 Å². The number of aromatic nitrogens is 2. The molecule has 0 aliphatic rings. The Balaban J connectivity index is 1.61. The SMILES string of the molecule is COc1cccc2cc(C(=O)Cn3c(-c4ccc([N+](=O)[O-])cc4)c[n+]4cc(Br)ccc34)c(=O)oc12. The van der Waals surface area contributed by atoms with E-state index in [1.54, 1.807) is 34.9 Å². The van der Waals surface area contributed by atoms with Gasteiger partial charge in [0, 0.05) is 29.1 Å². The largest absolute Gasteiger partial charge is 0.493 e. The molecule has 10 heteroatoms. The number of halogens is 1. The number of hydrogen-bond donors (Lipinski definition) is 0.